The summed E-state index contributed by atoms with van der Waals surface area (Å²) in [5.74, 6) is -0.279. The third-order valence-corrected chi connectivity index (χ3v) is 6.25. The third-order valence-electron chi connectivity index (χ3n) is 6.25. The molecule has 0 bridgehead atoms. The van der Waals surface area contributed by atoms with Crippen molar-refractivity contribution < 1.29 is 9.13 Å². The number of rotatable bonds is 6. The number of morpholine rings is 1. The predicted molar refractivity (Wildman–Crippen MR) is 126 cm³/mol. The zero-order chi connectivity index (χ0) is 22.9. The van der Waals surface area contributed by atoms with Crippen molar-refractivity contribution in [2.24, 2.45) is 0 Å². The average molecular weight is 458 g/mol. The monoisotopic (exact) mass is 457 g/mol. The van der Waals surface area contributed by atoms with Crippen molar-refractivity contribution >= 4 is 16.6 Å². The van der Waals surface area contributed by atoms with Gasteiger partial charge in [-0.15, -0.1) is 0 Å². The van der Waals surface area contributed by atoms with Gasteiger partial charge in [-0.1, -0.05) is 6.07 Å². The highest BCUT2D eigenvalue weighted by molar-refractivity contribution is 5.79. The summed E-state index contributed by atoms with van der Waals surface area (Å²) in [7, 11) is 0. The van der Waals surface area contributed by atoms with E-state index in [2.05, 4.69) is 20.0 Å². The molecule has 0 aliphatic carbocycles. The molecule has 1 fully saturated rings. The highest BCUT2D eigenvalue weighted by Crippen LogP contribution is 2.22. The summed E-state index contributed by atoms with van der Waals surface area (Å²) in [5, 5.41) is 10.2. The molecule has 0 amide bonds. The first-order valence-electron chi connectivity index (χ1n) is 11.4. The molecule has 0 saturated carbocycles. The van der Waals surface area contributed by atoms with Crippen LogP contribution in [0.4, 0.5) is 4.39 Å². The van der Waals surface area contributed by atoms with Gasteiger partial charge in [0.2, 0.25) is 0 Å². The number of nitrogens with zero attached hydrogens (tertiary/aromatic N) is 7. The van der Waals surface area contributed by atoms with Crippen LogP contribution in [0, 0.1) is 5.82 Å². The summed E-state index contributed by atoms with van der Waals surface area (Å²) in [5.41, 5.74) is 4.51. The maximum Gasteiger partial charge on any atom is 0.153 e. The van der Waals surface area contributed by atoms with Crippen LogP contribution in [0.1, 0.15) is 11.3 Å². The van der Waals surface area contributed by atoms with Gasteiger partial charge in [0.15, 0.2) is 5.65 Å². The number of halogens is 1. The van der Waals surface area contributed by atoms with Crippen LogP contribution in [-0.2, 0) is 17.7 Å². The van der Waals surface area contributed by atoms with Gasteiger partial charge in [0.25, 0.3) is 0 Å². The molecule has 172 valence electrons. The van der Waals surface area contributed by atoms with Crippen molar-refractivity contribution in [3.05, 3.63) is 78.3 Å². The molecule has 9 heteroatoms. The Bertz CT molecular complexity index is 1450. The number of ether oxygens (including phenoxy) is 1. The molecule has 4 aromatic heterocycles. The summed E-state index contributed by atoms with van der Waals surface area (Å²) < 4.78 is 23.9. The lowest BCUT2D eigenvalue weighted by Gasteiger charge is -2.26. The van der Waals surface area contributed by atoms with Crippen molar-refractivity contribution in [1.82, 2.24) is 34.3 Å². The standard InChI is InChI=1S/C25H24FN7O/c26-22-14-24-18(2-1-5-27-24)12-19(22)13-21-16-28-25-4-3-23(30-33(21)25)20-15-29-32(17-20)7-6-31-8-10-34-11-9-31/h1-5,12,14-17H,6-11,13H2. The fourth-order valence-electron chi connectivity index (χ4n) is 4.35. The molecule has 5 aromatic rings. The van der Waals surface area contributed by atoms with Gasteiger partial charge >= 0.3 is 0 Å². The molecule has 0 atom stereocenters. The fourth-order valence-corrected chi connectivity index (χ4v) is 4.35. The molecular formula is C25H24FN7O. The highest BCUT2D eigenvalue weighted by Gasteiger charge is 2.14. The van der Waals surface area contributed by atoms with Crippen LogP contribution in [-0.4, -0.2) is 67.1 Å². The Labute approximate surface area is 195 Å². The number of pyridine rings is 1. The molecule has 8 nitrogen and oxygen atoms in total. The fraction of sp³-hybridized carbons (Fsp3) is 0.280. The Morgan fingerprint density at radius 2 is 1.91 bits per heavy atom. The van der Waals surface area contributed by atoms with E-state index in [0.29, 0.717) is 17.5 Å². The van der Waals surface area contributed by atoms with Crippen molar-refractivity contribution in [2.75, 3.05) is 32.8 Å². The lowest BCUT2D eigenvalue weighted by molar-refractivity contribution is 0.0360. The molecule has 6 rings (SSSR count). The zero-order valence-corrected chi connectivity index (χ0v) is 18.6. The van der Waals surface area contributed by atoms with Crippen molar-refractivity contribution in [1.29, 1.82) is 0 Å². The quantitative estimate of drug-likeness (QED) is 0.390. The normalized spacial score (nSPS) is 14.9. The first-order valence-corrected chi connectivity index (χ1v) is 11.4. The largest absolute Gasteiger partial charge is 0.379 e. The summed E-state index contributed by atoms with van der Waals surface area (Å²) in [6.45, 7) is 5.27. The van der Waals surface area contributed by atoms with Gasteiger partial charge in [-0.2, -0.15) is 10.2 Å². The van der Waals surface area contributed by atoms with Crippen molar-refractivity contribution in [3.63, 3.8) is 0 Å². The second kappa shape index (κ2) is 8.92. The number of hydrogen-bond acceptors (Lipinski definition) is 6. The van der Waals surface area contributed by atoms with Crippen LogP contribution in [0.2, 0.25) is 0 Å². The van der Waals surface area contributed by atoms with Gasteiger partial charge in [-0.05, 0) is 29.8 Å². The minimum absolute atomic E-state index is 0.279. The Morgan fingerprint density at radius 3 is 2.82 bits per heavy atom. The van der Waals surface area contributed by atoms with Crippen LogP contribution in [0.25, 0.3) is 27.8 Å². The number of hydrogen-bond donors (Lipinski definition) is 0. The molecule has 1 aromatic carbocycles. The Kier molecular flexibility index (Phi) is 5.48. The molecule has 1 aliphatic heterocycles. The predicted octanol–water partition coefficient (Wildman–Crippen LogP) is 3.20. The van der Waals surface area contributed by atoms with Gasteiger partial charge in [0, 0.05) is 55.5 Å². The number of benzene rings is 1. The van der Waals surface area contributed by atoms with Gasteiger partial charge in [-0.3, -0.25) is 14.6 Å². The van der Waals surface area contributed by atoms with Gasteiger partial charge in [-0.25, -0.2) is 13.9 Å². The molecule has 0 N–H and O–H groups in total. The lowest BCUT2D eigenvalue weighted by atomic mass is 10.1. The minimum atomic E-state index is -0.279. The summed E-state index contributed by atoms with van der Waals surface area (Å²) in [4.78, 5) is 11.1. The van der Waals surface area contributed by atoms with E-state index in [1.54, 1.807) is 16.9 Å². The van der Waals surface area contributed by atoms with Gasteiger partial charge in [0.05, 0.1) is 49.1 Å². The van der Waals surface area contributed by atoms with E-state index in [0.717, 1.165) is 67.4 Å². The van der Waals surface area contributed by atoms with Crippen molar-refractivity contribution in [3.8, 4) is 11.3 Å². The number of imidazole rings is 1. The van der Waals surface area contributed by atoms with E-state index < -0.39 is 0 Å². The zero-order valence-electron chi connectivity index (χ0n) is 18.6. The van der Waals surface area contributed by atoms with E-state index in [9.17, 15) is 4.39 Å². The number of aromatic nitrogens is 6. The molecule has 1 saturated heterocycles. The highest BCUT2D eigenvalue weighted by atomic mass is 19.1. The van der Waals surface area contributed by atoms with E-state index in [-0.39, 0.29) is 5.82 Å². The van der Waals surface area contributed by atoms with E-state index >= 15 is 0 Å². The first kappa shape index (κ1) is 20.9. The SMILES string of the molecule is Fc1cc2ncccc2cc1Cc1cnc2ccc(-c3cnn(CCN4CCOCC4)c3)nn12. The van der Waals surface area contributed by atoms with E-state index in [1.807, 2.05) is 47.4 Å². The molecule has 0 spiro atoms. The Balaban J connectivity index is 1.24. The van der Waals surface area contributed by atoms with E-state index in [4.69, 9.17) is 9.84 Å². The minimum Gasteiger partial charge on any atom is -0.379 e. The maximum absolute atomic E-state index is 14.8. The summed E-state index contributed by atoms with van der Waals surface area (Å²) >= 11 is 0. The molecule has 1 aliphatic rings. The molecule has 0 radical (unpaired) electrons. The smallest absolute Gasteiger partial charge is 0.153 e. The van der Waals surface area contributed by atoms with Crippen LogP contribution >= 0.6 is 0 Å². The van der Waals surface area contributed by atoms with Crippen molar-refractivity contribution in [2.45, 2.75) is 13.0 Å². The molecule has 0 unspecified atom stereocenters. The second-order valence-corrected chi connectivity index (χ2v) is 8.50. The van der Waals surface area contributed by atoms with E-state index in [1.165, 1.54) is 6.07 Å². The van der Waals surface area contributed by atoms with Gasteiger partial charge < -0.3 is 4.74 Å². The summed E-state index contributed by atoms with van der Waals surface area (Å²) in [6, 6.07) is 11.0. The van der Waals surface area contributed by atoms with Gasteiger partial charge in [0.1, 0.15) is 5.82 Å². The molecular weight excluding hydrogens is 433 g/mol. The van der Waals surface area contributed by atoms with Crippen LogP contribution in [0.5, 0.6) is 0 Å². The first-order chi connectivity index (χ1) is 16.7. The topological polar surface area (TPSA) is 73.4 Å². The maximum atomic E-state index is 14.8. The Morgan fingerprint density at radius 1 is 1.00 bits per heavy atom. The summed E-state index contributed by atoms with van der Waals surface area (Å²) in [6.07, 6.45) is 7.65. The third kappa shape index (κ3) is 4.15. The number of fused-ring (bicyclic) bond motifs is 2. The Hall–Kier alpha value is -3.69. The van der Waals surface area contributed by atoms with Crippen LogP contribution in [0.3, 0.4) is 0 Å². The molecule has 34 heavy (non-hydrogen) atoms. The van der Waals surface area contributed by atoms with Crippen LogP contribution < -0.4 is 0 Å². The molecule has 5 heterocycles. The second-order valence-electron chi connectivity index (χ2n) is 8.50. The van der Waals surface area contributed by atoms with Crippen LogP contribution in [0.15, 0.2) is 61.2 Å². The average Bonchev–Trinajstić information content (AvgIpc) is 3.51. The lowest BCUT2D eigenvalue weighted by Crippen LogP contribution is -2.38.